The number of aromatic amines is 1. The second kappa shape index (κ2) is 7.47. The van der Waals surface area contributed by atoms with E-state index in [1.54, 1.807) is 37.4 Å². The Morgan fingerprint density at radius 2 is 2.28 bits per heavy atom. The molecule has 0 bridgehead atoms. The molecule has 0 fully saturated rings. The fourth-order valence-electron chi connectivity index (χ4n) is 2.12. The predicted octanol–water partition coefficient (Wildman–Crippen LogP) is 1.80. The number of aromatic nitrogens is 5. The van der Waals surface area contributed by atoms with Crippen LogP contribution >= 0.6 is 0 Å². The molecule has 0 radical (unpaired) electrons. The molecule has 25 heavy (non-hydrogen) atoms. The van der Waals surface area contributed by atoms with Gasteiger partial charge in [-0.2, -0.15) is 5.21 Å². The van der Waals surface area contributed by atoms with Gasteiger partial charge in [0, 0.05) is 30.6 Å². The lowest BCUT2D eigenvalue weighted by Gasteiger charge is -2.12. The largest absolute Gasteiger partial charge is 0.482 e. The number of rotatable bonds is 6. The van der Waals surface area contributed by atoms with Gasteiger partial charge in [-0.3, -0.25) is 9.78 Å². The van der Waals surface area contributed by atoms with Crippen LogP contribution in [0, 0.1) is 5.82 Å². The molecule has 9 heteroatoms. The van der Waals surface area contributed by atoms with Crippen LogP contribution in [0.4, 0.5) is 4.39 Å². The highest BCUT2D eigenvalue weighted by Gasteiger charge is 2.14. The average Bonchev–Trinajstić information content (AvgIpc) is 3.16. The quantitative estimate of drug-likeness (QED) is 0.708. The summed E-state index contributed by atoms with van der Waals surface area (Å²) < 4.78 is 19.8. The summed E-state index contributed by atoms with van der Waals surface area (Å²) in [6.45, 7) is 1.78. The van der Waals surface area contributed by atoms with Crippen molar-refractivity contribution in [1.82, 2.24) is 30.9 Å². The highest BCUT2D eigenvalue weighted by molar-refractivity contribution is 5.93. The van der Waals surface area contributed by atoms with Gasteiger partial charge in [-0.1, -0.05) is 11.3 Å². The topological polar surface area (TPSA) is 106 Å². The molecule has 0 spiro atoms. The zero-order valence-corrected chi connectivity index (χ0v) is 13.3. The molecule has 2 aromatic heterocycles. The van der Waals surface area contributed by atoms with Gasteiger partial charge in [-0.25, -0.2) is 4.39 Å². The Morgan fingerprint density at radius 1 is 1.40 bits per heavy atom. The molecule has 1 unspecified atom stereocenters. The number of ether oxygens (including phenoxy) is 1. The molecule has 2 heterocycles. The number of carbonyl (C=O) groups is 1. The second-order valence-corrected chi connectivity index (χ2v) is 5.21. The molecule has 1 atom stereocenters. The number of tetrazole rings is 1. The maximum Gasteiger partial charge on any atom is 0.253 e. The zero-order chi connectivity index (χ0) is 17.6. The van der Waals surface area contributed by atoms with E-state index in [-0.39, 0.29) is 12.5 Å². The number of pyridine rings is 1. The van der Waals surface area contributed by atoms with E-state index in [1.807, 2.05) is 0 Å². The summed E-state index contributed by atoms with van der Waals surface area (Å²) in [7, 11) is 0. The van der Waals surface area contributed by atoms with Crippen molar-refractivity contribution in [2.45, 2.75) is 19.6 Å². The van der Waals surface area contributed by atoms with Crippen LogP contribution in [0.1, 0.15) is 34.8 Å². The molecule has 2 N–H and O–H groups in total. The third kappa shape index (κ3) is 4.14. The Labute approximate surface area is 142 Å². The summed E-state index contributed by atoms with van der Waals surface area (Å²) in [5.74, 6) is -0.104. The minimum atomic E-state index is -0.482. The Hall–Kier alpha value is -3.36. The molecule has 8 nitrogen and oxygen atoms in total. The molecule has 0 saturated carbocycles. The summed E-state index contributed by atoms with van der Waals surface area (Å²) in [6.07, 6.45) is 2.54. The van der Waals surface area contributed by atoms with Crippen LogP contribution < -0.4 is 10.1 Å². The smallest absolute Gasteiger partial charge is 0.253 e. The van der Waals surface area contributed by atoms with Crippen LogP contribution in [0.25, 0.3) is 0 Å². The number of amides is 1. The lowest BCUT2D eigenvalue weighted by molar-refractivity contribution is 0.0950. The number of H-pyrrole nitrogens is 1. The van der Waals surface area contributed by atoms with E-state index in [2.05, 4.69) is 30.9 Å². The number of hydrogen-bond donors (Lipinski definition) is 2. The van der Waals surface area contributed by atoms with Gasteiger partial charge >= 0.3 is 0 Å². The normalized spacial score (nSPS) is 11.8. The number of nitrogens with zero attached hydrogens (tertiary/aromatic N) is 4. The van der Waals surface area contributed by atoms with E-state index in [0.717, 1.165) is 0 Å². The molecular weight excluding hydrogens is 327 g/mol. The van der Waals surface area contributed by atoms with Crippen LogP contribution in [0.3, 0.4) is 0 Å². The van der Waals surface area contributed by atoms with E-state index in [1.165, 1.54) is 12.3 Å². The first kappa shape index (κ1) is 16.5. The van der Waals surface area contributed by atoms with Gasteiger partial charge in [0.15, 0.2) is 6.10 Å². The van der Waals surface area contributed by atoms with Gasteiger partial charge in [0.1, 0.15) is 11.6 Å². The van der Waals surface area contributed by atoms with Gasteiger partial charge in [0.2, 0.25) is 5.82 Å². The molecule has 1 aromatic carbocycles. The fourth-order valence-corrected chi connectivity index (χ4v) is 2.12. The monoisotopic (exact) mass is 342 g/mol. The number of benzene rings is 1. The molecule has 3 aromatic rings. The number of halogens is 1. The lowest BCUT2D eigenvalue weighted by atomic mass is 10.2. The van der Waals surface area contributed by atoms with E-state index in [9.17, 15) is 9.18 Å². The van der Waals surface area contributed by atoms with Crippen molar-refractivity contribution in [3.63, 3.8) is 0 Å². The van der Waals surface area contributed by atoms with E-state index in [0.29, 0.717) is 22.7 Å². The predicted molar refractivity (Wildman–Crippen MR) is 85.0 cm³/mol. The maximum atomic E-state index is 14.2. The molecule has 0 aliphatic heterocycles. The minimum absolute atomic E-state index is 0.0558. The van der Waals surface area contributed by atoms with Crippen molar-refractivity contribution in [3.05, 3.63) is 65.5 Å². The standard InChI is InChI=1S/C16H15FN6O2/c1-10(15-20-22-23-21-15)25-13-5-4-11(14(17)7-13)9-19-16(24)12-3-2-6-18-8-12/h2-8,10H,9H2,1H3,(H,19,24)(H,20,21,22,23). The van der Waals surface area contributed by atoms with Crippen molar-refractivity contribution in [2.24, 2.45) is 0 Å². The Kier molecular flexibility index (Phi) is 4.93. The molecule has 3 rings (SSSR count). The number of carbonyl (C=O) groups excluding carboxylic acids is 1. The van der Waals surface area contributed by atoms with Crippen molar-refractivity contribution < 1.29 is 13.9 Å². The highest BCUT2D eigenvalue weighted by Crippen LogP contribution is 2.21. The first-order chi connectivity index (χ1) is 12.1. The second-order valence-electron chi connectivity index (χ2n) is 5.21. The Morgan fingerprint density at radius 3 is 2.96 bits per heavy atom. The van der Waals surface area contributed by atoms with Gasteiger partial charge < -0.3 is 10.1 Å². The van der Waals surface area contributed by atoms with E-state index in [4.69, 9.17) is 4.74 Å². The van der Waals surface area contributed by atoms with Crippen molar-refractivity contribution in [1.29, 1.82) is 0 Å². The van der Waals surface area contributed by atoms with Crippen LogP contribution in [0.2, 0.25) is 0 Å². The summed E-state index contributed by atoms with van der Waals surface area (Å²) in [5, 5.41) is 16.0. The van der Waals surface area contributed by atoms with Crippen molar-refractivity contribution in [3.8, 4) is 5.75 Å². The molecular formula is C16H15FN6O2. The van der Waals surface area contributed by atoms with Gasteiger partial charge in [0.05, 0.1) is 5.56 Å². The summed E-state index contributed by atoms with van der Waals surface area (Å²) in [5.41, 5.74) is 0.758. The molecule has 0 aliphatic rings. The van der Waals surface area contributed by atoms with Crippen molar-refractivity contribution >= 4 is 5.91 Å². The van der Waals surface area contributed by atoms with Crippen LogP contribution in [-0.4, -0.2) is 31.5 Å². The van der Waals surface area contributed by atoms with E-state index >= 15 is 0 Å². The third-order valence-electron chi connectivity index (χ3n) is 3.43. The van der Waals surface area contributed by atoms with Crippen LogP contribution in [0.15, 0.2) is 42.7 Å². The molecule has 1 amide bonds. The van der Waals surface area contributed by atoms with Gasteiger partial charge in [-0.05, 0) is 25.1 Å². The first-order valence-electron chi connectivity index (χ1n) is 7.50. The minimum Gasteiger partial charge on any atom is -0.482 e. The summed E-state index contributed by atoms with van der Waals surface area (Å²) in [6, 6.07) is 7.71. The van der Waals surface area contributed by atoms with Crippen LogP contribution in [0.5, 0.6) is 5.75 Å². The van der Waals surface area contributed by atoms with Gasteiger partial charge in [0.25, 0.3) is 5.91 Å². The van der Waals surface area contributed by atoms with Crippen molar-refractivity contribution in [2.75, 3.05) is 0 Å². The fraction of sp³-hybridized carbons (Fsp3) is 0.188. The van der Waals surface area contributed by atoms with Crippen LogP contribution in [-0.2, 0) is 6.54 Å². The SMILES string of the molecule is CC(Oc1ccc(CNC(=O)c2cccnc2)c(F)c1)c1nn[nH]n1. The highest BCUT2D eigenvalue weighted by atomic mass is 19.1. The molecule has 0 aliphatic carbocycles. The average molecular weight is 342 g/mol. The number of nitrogens with one attached hydrogen (secondary N) is 2. The summed E-state index contributed by atoms with van der Waals surface area (Å²) in [4.78, 5) is 15.8. The Balaban J connectivity index is 1.61. The zero-order valence-electron chi connectivity index (χ0n) is 13.3. The lowest BCUT2D eigenvalue weighted by Crippen LogP contribution is -2.23. The number of hydrogen-bond acceptors (Lipinski definition) is 6. The van der Waals surface area contributed by atoms with E-state index < -0.39 is 11.9 Å². The first-order valence-corrected chi connectivity index (χ1v) is 7.50. The summed E-state index contributed by atoms with van der Waals surface area (Å²) >= 11 is 0. The van der Waals surface area contributed by atoms with Gasteiger partial charge in [-0.15, -0.1) is 10.2 Å². The molecule has 0 saturated heterocycles. The Bertz CT molecular complexity index is 841. The maximum absolute atomic E-state index is 14.2. The third-order valence-corrected chi connectivity index (χ3v) is 3.43. The molecule has 128 valence electrons.